The molecule has 1 aliphatic rings. The van der Waals surface area contributed by atoms with E-state index in [1.807, 2.05) is 0 Å². The molecule has 2 aromatic rings. The van der Waals surface area contributed by atoms with Crippen molar-refractivity contribution in [2.45, 2.75) is 31.8 Å². The standard InChI is InChI=1S/C16H19N3O13P2/c1-9-7-18(16(22)17-15(9)21)14-6-12(20)13(30-14)8-29-34(28,32-33(25,26)27)31-11-4-2-10(3-5-11)19(23)24/h2-5,7,12-14,20H,6,8H2,1H3,(H,17,21,22)(H2,25,26,27)/t12-,13+,14+,34?/m0/s1. The zero-order chi connectivity index (χ0) is 25.3. The van der Waals surface area contributed by atoms with Crippen molar-refractivity contribution in [3.05, 3.63) is 67.0 Å². The number of hydrogen-bond donors (Lipinski definition) is 4. The average Bonchev–Trinajstić information content (AvgIpc) is 3.08. The van der Waals surface area contributed by atoms with Gasteiger partial charge in [0.05, 0.1) is 17.6 Å². The molecule has 34 heavy (non-hydrogen) atoms. The maximum Gasteiger partial charge on any atom is 0.539 e. The second-order valence-electron chi connectivity index (χ2n) is 7.07. The lowest BCUT2D eigenvalue weighted by molar-refractivity contribution is -0.384. The summed E-state index contributed by atoms with van der Waals surface area (Å²) in [7, 11) is -10.4. The van der Waals surface area contributed by atoms with Gasteiger partial charge in [0.2, 0.25) is 0 Å². The first kappa shape index (κ1) is 25.9. The SMILES string of the molecule is Cc1cn([C@H]2C[C@H](O)[C@@H](COP(=O)(Oc3ccc([N+](=O)[O-])cc3)OP(=O)(O)O)O2)c(=O)[nH]c1=O. The van der Waals surface area contributed by atoms with Crippen LogP contribution in [0.25, 0.3) is 0 Å². The topological polar surface area (TPSA) is 230 Å². The Kier molecular flexibility index (Phi) is 7.55. The third-order valence-corrected chi connectivity index (χ3v) is 7.08. The Morgan fingerprint density at radius 1 is 1.26 bits per heavy atom. The molecule has 1 aliphatic heterocycles. The van der Waals surface area contributed by atoms with Crippen molar-refractivity contribution in [2.24, 2.45) is 0 Å². The Labute approximate surface area is 189 Å². The quantitative estimate of drug-likeness (QED) is 0.202. The number of aromatic nitrogens is 2. The fourth-order valence-electron chi connectivity index (χ4n) is 2.96. The largest absolute Gasteiger partial charge is 0.539 e. The molecule has 0 radical (unpaired) electrons. The summed E-state index contributed by atoms with van der Waals surface area (Å²) in [5, 5.41) is 21.0. The van der Waals surface area contributed by atoms with Gasteiger partial charge in [-0.3, -0.25) is 29.0 Å². The number of rotatable bonds is 9. The smallest absolute Gasteiger partial charge is 0.404 e. The number of nitrogens with one attached hydrogen (secondary N) is 1. The van der Waals surface area contributed by atoms with Crippen molar-refractivity contribution < 1.29 is 47.0 Å². The van der Waals surface area contributed by atoms with Crippen molar-refractivity contribution in [2.75, 3.05) is 6.61 Å². The van der Waals surface area contributed by atoms with Gasteiger partial charge in [-0.05, 0) is 19.1 Å². The van der Waals surface area contributed by atoms with Gasteiger partial charge in [0.1, 0.15) is 18.1 Å². The van der Waals surface area contributed by atoms with Crippen LogP contribution in [0, 0.1) is 17.0 Å². The third-order valence-electron chi connectivity index (χ3n) is 4.53. The van der Waals surface area contributed by atoms with Crippen LogP contribution in [-0.2, 0) is 22.7 Å². The van der Waals surface area contributed by atoms with Crippen molar-refractivity contribution in [3.8, 4) is 5.75 Å². The van der Waals surface area contributed by atoms with Gasteiger partial charge in [-0.1, -0.05) is 0 Å². The van der Waals surface area contributed by atoms with Crippen LogP contribution < -0.4 is 15.8 Å². The van der Waals surface area contributed by atoms with Crippen LogP contribution in [-0.4, -0.2) is 48.2 Å². The number of nitro groups is 1. The third kappa shape index (κ3) is 6.46. The van der Waals surface area contributed by atoms with Crippen molar-refractivity contribution >= 4 is 21.3 Å². The highest BCUT2D eigenvalue weighted by Gasteiger charge is 2.42. The van der Waals surface area contributed by atoms with Crippen LogP contribution in [0.2, 0.25) is 0 Å². The number of aromatic amines is 1. The molecular formula is C16H19N3O13P2. The van der Waals surface area contributed by atoms with Gasteiger partial charge in [0.25, 0.3) is 11.2 Å². The fourth-order valence-corrected chi connectivity index (χ4v) is 5.08. The van der Waals surface area contributed by atoms with E-state index in [0.717, 1.165) is 28.8 Å². The maximum atomic E-state index is 12.8. The molecule has 0 amide bonds. The minimum atomic E-state index is -5.41. The van der Waals surface area contributed by atoms with Gasteiger partial charge in [0, 0.05) is 30.3 Å². The van der Waals surface area contributed by atoms with E-state index in [2.05, 4.69) is 9.29 Å². The van der Waals surface area contributed by atoms with E-state index in [-0.39, 0.29) is 23.4 Å². The predicted molar refractivity (Wildman–Crippen MR) is 111 cm³/mol. The summed E-state index contributed by atoms with van der Waals surface area (Å²) < 4.78 is 44.7. The molecule has 0 saturated carbocycles. The van der Waals surface area contributed by atoms with Gasteiger partial charge in [0.15, 0.2) is 0 Å². The number of H-pyrrole nitrogens is 1. The summed E-state index contributed by atoms with van der Waals surface area (Å²) in [6.07, 6.45) is -2.46. The van der Waals surface area contributed by atoms with Crippen LogP contribution >= 0.6 is 15.6 Å². The average molecular weight is 523 g/mol. The molecule has 4 atom stereocenters. The number of nitro benzene ring substituents is 1. The number of aryl methyl sites for hydroxylation is 1. The molecule has 3 rings (SSSR count). The summed E-state index contributed by atoms with van der Waals surface area (Å²) in [6, 6.07) is 3.96. The minimum absolute atomic E-state index is 0.133. The molecule has 1 aromatic heterocycles. The van der Waals surface area contributed by atoms with Crippen molar-refractivity contribution in [1.29, 1.82) is 0 Å². The van der Waals surface area contributed by atoms with Crippen LogP contribution in [0.15, 0.2) is 40.1 Å². The summed E-state index contributed by atoms with van der Waals surface area (Å²) in [6.45, 7) is 0.699. The highest BCUT2D eigenvalue weighted by molar-refractivity contribution is 7.61. The van der Waals surface area contributed by atoms with E-state index < -0.39 is 56.9 Å². The van der Waals surface area contributed by atoms with Crippen molar-refractivity contribution in [1.82, 2.24) is 9.55 Å². The minimum Gasteiger partial charge on any atom is -0.404 e. The second-order valence-corrected chi connectivity index (χ2v) is 10.0. The lowest BCUT2D eigenvalue weighted by Crippen LogP contribution is -2.33. The Bertz CT molecular complexity index is 1270. The molecule has 4 N–H and O–H groups in total. The molecule has 0 spiro atoms. The number of aliphatic hydroxyl groups excluding tert-OH is 1. The first-order valence-corrected chi connectivity index (χ1v) is 12.4. The van der Waals surface area contributed by atoms with E-state index in [4.69, 9.17) is 23.6 Å². The van der Waals surface area contributed by atoms with E-state index in [0.29, 0.717) is 0 Å². The normalized spacial score (nSPS) is 22.3. The van der Waals surface area contributed by atoms with Gasteiger partial charge in [-0.15, -0.1) is 0 Å². The molecule has 1 fully saturated rings. The highest BCUT2D eigenvalue weighted by atomic mass is 31.3. The summed E-state index contributed by atoms with van der Waals surface area (Å²) in [4.78, 5) is 53.8. The number of phosphoric ester groups is 1. The molecule has 2 heterocycles. The molecule has 0 aliphatic carbocycles. The number of hydrogen-bond acceptors (Lipinski definition) is 11. The maximum absolute atomic E-state index is 12.8. The van der Waals surface area contributed by atoms with Gasteiger partial charge >= 0.3 is 21.3 Å². The fraction of sp³-hybridized carbons (Fsp3) is 0.375. The van der Waals surface area contributed by atoms with Gasteiger partial charge in [-0.25, -0.2) is 13.9 Å². The Morgan fingerprint density at radius 2 is 1.91 bits per heavy atom. The molecular weight excluding hydrogens is 504 g/mol. The lowest BCUT2D eigenvalue weighted by atomic mass is 10.2. The molecule has 16 nitrogen and oxygen atoms in total. The zero-order valence-corrected chi connectivity index (χ0v) is 19.0. The van der Waals surface area contributed by atoms with Gasteiger partial charge in [-0.2, -0.15) is 4.31 Å². The van der Waals surface area contributed by atoms with Crippen LogP contribution in [0.4, 0.5) is 5.69 Å². The Balaban J connectivity index is 1.74. The van der Waals surface area contributed by atoms with Crippen LogP contribution in [0.1, 0.15) is 18.2 Å². The predicted octanol–water partition coefficient (Wildman–Crippen LogP) is 0.715. The Morgan fingerprint density at radius 3 is 2.50 bits per heavy atom. The molecule has 0 bridgehead atoms. The zero-order valence-electron chi connectivity index (χ0n) is 17.2. The summed E-state index contributed by atoms with van der Waals surface area (Å²) >= 11 is 0. The lowest BCUT2D eigenvalue weighted by Gasteiger charge is -2.21. The molecule has 1 saturated heterocycles. The first-order valence-electron chi connectivity index (χ1n) is 9.37. The summed E-state index contributed by atoms with van der Waals surface area (Å²) in [5.41, 5.74) is -1.53. The van der Waals surface area contributed by atoms with E-state index in [9.17, 15) is 33.9 Å². The number of benzene rings is 1. The van der Waals surface area contributed by atoms with E-state index in [1.165, 1.54) is 13.1 Å². The number of aliphatic hydroxyl groups is 1. The number of nitrogens with zero attached hydrogens (tertiary/aromatic N) is 2. The van der Waals surface area contributed by atoms with Gasteiger partial charge < -0.3 is 24.2 Å². The Hall–Kier alpha value is -2.68. The summed E-state index contributed by atoms with van der Waals surface area (Å²) in [5.74, 6) is -0.330. The monoisotopic (exact) mass is 523 g/mol. The first-order chi connectivity index (χ1) is 15.8. The second kappa shape index (κ2) is 9.90. The van der Waals surface area contributed by atoms with E-state index in [1.54, 1.807) is 0 Å². The highest BCUT2D eigenvalue weighted by Crippen LogP contribution is 2.61. The number of non-ortho nitro benzene ring substituents is 1. The van der Waals surface area contributed by atoms with Crippen LogP contribution in [0.3, 0.4) is 0 Å². The molecule has 18 heteroatoms. The number of phosphoric acid groups is 2. The molecule has 1 aromatic carbocycles. The van der Waals surface area contributed by atoms with Crippen molar-refractivity contribution in [3.63, 3.8) is 0 Å². The number of ether oxygens (including phenoxy) is 1. The van der Waals surface area contributed by atoms with Crippen LogP contribution in [0.5, 0.6) is 5.75 Å². The molecule has 186 valence electrons. The molecule has 1 unspecified atom stereocenters. The van der Waals surface area contributed by atoms with E-state index >= 15 is 0 Å².